The van der Waals surface area contributed by atoms with Crippen molar-refractivity contribution >= 4 is 11.6 Å². The van der Waals surface area contributed by atoms with Crippen LogP contribution in [0.4, 0.5) is 5.69 Å². The molecule has 0 saturated heterocycles. The standard InChI is InChI=1S/C14H17N5O/c1-19-9-17-18-13(19)8-16-14(20)11-4-5-12-10(7-11)3-2-6-15-12/h4-5,7,9,15H,2-3,6,8H2,1H3,(H,16,20). The van der Waals surface area contributed by atoms with Gasteiger partial charge in [-0.2, -0.15) is 0 Å². The molecule has 0 bridgehead atoms. The highest BCUT2D eigenvalue weighted by atomic mass is 16.1. The van der Waals surface area contributed by atoms with Gasteiger partial charge in [0, 0.05) is 24.8 Å². The van der Waals surface area contributed by atoms with Crippen molar-refractivity contribution in [1.82, 2.24) is 20.1 Å². The normalized spacial score (nSPS) is 13.4. The van der Waals surface area contributed by atoms with Gasteiger partial charge >= 0.3 is 0 Å². The molecule has 1 amide bonds. The molecule has 0 atom stereocenters. The molecule has 1 aliphatic rings. The Kier molecular flexibility index (Phi) is 3.37. The molecule has 3 rings (SSSR count). The van der Waals surface area contributed by atoms with Crippen molar-refractivity contribution in [2.24, 2.45) is 7.05 Å². The molecule has 0 fully saturated rings. The maximum atomic E-state index is 12.1. The lowest BCUT2D eigenvalue weighted by Crippen LogP contribution is -2.25. The Morgan fingerprint density at radius 2 is 2.40 bits per heavy atom. The molecular formula is C14H17N5O. The molecule has 6 nitrogen and oxygen atoms in total. The predicted molar refractivity (Wildman–Crippen MR) is 75.4 cm³/mol. The summed E-state index contributed by atoms with van der Waals surface area (Å²) in [5.74, 6) is 0.652. The number of rotatable bonds is 3. The minimum Gasteiger partial charge on any atom is -0.385 e. The summed E-state index contributed by atoms with van der Waals surface area (Å²) < 4.78 is 1.79. The van der Waals surface area contributed by atoms with E-state index in [0.717, 1.165) is 30.9 Å². The molecule has 104 valence electrons. The molecule has 1 aliphatic heterocycles. The summed E-state index contributed by atoms with van der Waals surface area (Å²) >= 11 is 0. The number of nitrogens with zero attached hydrogens (tertiary/aromatic N) is 3. The lowest BCUT2D eigenvalue weighted by molar-refractivity contribution is 0.0949. The summed E-state index contributed by atoms with van der Waals surface area (Å²) in [6.45, 7) is 1.38. The van der Waals surface area contributed by atoms with Gasteiger partial charge in [0.05, 0.1) is 6.54 Å². The fourth-order valence-electron chi connectivity index (χ4n) is 2.34. The van der Waals surface area contributed by atoms with E-state index in [2.05, 4.69) is 20.8 Å². The van der Waals surface area contributed by atoms with Gasteiger partial charge in [-0.3, -0.25) is 4.79 Å². The zero-order valence-electron chi connectivity index (χ0n) is 11.4. The van der Waals surface area contributed by atoms with Gasteiger partial charge in [0.15, 0.2) is 5.82 Å². The van der Waals surface area contributed by atoms with Crippen molar-refractivity contribution in [3.8, 4) is 0 Å². The van der Waals surface area contributed by atoms with Crippen LogP contribution in [-0.2, 0) is 20.0 Å². The van der Waals surface area contributed by atoms with Gasteiger partial charge in [0.1, 0.15) is 6.33 Å². The van der Waals surface area contributed by atoms with Gasteiger partial charge in [0.25, 0.3) is 5.91 Å². The maximum absolute atomic E-state index is 12.1. The van der Waals surface area contributed by atoms with Crippen LogP contribution in [0.1, 0.15) is 28.2 Å². The van der Waals surface area contributed by atoms with Crippen molar-refractivity contribution in [3.05, 3.63) is 41.5 Å². The van der Waals surface area contributed by atoms with E-state index in [4.69, 9.17) is 0 Å². The second kappa shape index (κ2) is 5.32. The van der Waals surface area contributed by atoms with Gasteiger partial charge in [-0.25, -0.2) is 0 Å². The summed E-state index contributed by atoms with van der Waals surface area (Å²) in [4.78, 5) is 12.1. The second-order valence-electron chi connectivity index (χ2n) is 4.94. The zero-order chi connectivity index (χ0) is 13.9. The molecule has 20 heavy (non-hydrogen) atoms. The zero-order valence-corrected chi connectivity index (χ0v) is 11.4. The van der Waals surface area contributed by atoms with E-state index in [0.29, 0.717) is 12.1 Å². The van der Waals surface area contributed by atoms with Crippen molar-refractivity contribution in [2.45, 2.75) is 19.4 Å². The predicted octanol–water partition coefficient (Wildman–Crippen LogP) is 1.10. The number of fused-ring (bicyclic) bond motifs is 1. The first-order valence-electron chi connectivity index (χ1n) is 6.72. The number of hydrogen-bond acceptors (Lipinski definition) is 4. The minimum atomic E-state index is -0.0821. The summed E-state index contributed by atoms with van der Waals surface area (Å²) in [7, 11) is 1.85. The fraction of sp³-hybridized carbons (Fsp3) is 0.357. The molecule has 0 aliphatic carbocycles. The van der Waals surface area contributed by atoms with Crippen LogP contribution in [0.25, 0.3) is 0 Å². The molecule has 6 heteroatoms. The largest absolute Gasteiger partial charge is 0.385 e. The van der Waals surface area contributed by atoms with E-state index in [1.165, 1.54) is 5.56 Å². The number of aromatic nitrogens is 3. The average Bonchev–Trinajstić information content (AvgIpc) is 2.89. The SMILES string of the molecule is Cn1cnnc1CNC(=O)c1ccc2c(c1)CCCN2. The van der Waals surface area contributed by atoms with Crippen molar-refractivity contribution < 1.29 is 4.79 Å². The second-order valence-corrected chi connectivity index (χ2v) is 4.94. The summed E-state index contributed by atoms with van der Waals surface area (Å²) in [6.07, 6.45) is 3.75. The number of carbonyl (C=O) groups excluding carboxylic acids is 1. The molecule has 0 unspecified atom stereocenters. The Bertz CT molecular complexity index is 634. The Hall–Kier alpha value is -2.37. The number of benzene rings is 1. The van der Waals surface area contributed by atoms with Crippen LogP contribution in [0.5, 0.6) is 0 Å². The Morgan fingerprint density at radius 1 is 1.50 bits per heavy atom. The van der Waals surface area contributed by atoms with E-state index in [1.54, 1.807) is 10.9 Å². The van der Waals surface area contributed by atoms with Crippen LogP contribution in [-0.4, -0.2) is 27.2 Å². The van der Waals surface area contributed by atoms with Crippen LogP contribution < -0.4 is 10.6 Å². The van der Waals surface area contributed by atoms with E-state index in [1.807, 2.05) is 25.2 Å². The van der Waals surface area contributed by atoms with Gasteiger partial charge < -0.3 is 15.2 Å². The van der Waals surface area contributed by atoms with E-state index in [-0.39, 0.29) is 5.91 Å². The van der Waals surface area contributed by atoms with E-state index >= 15 is 0 Å². The number of aryl methyl sites for hydroxylation is 2. The highest BCUT2D eigenvalue weighted by Gasteiger charge is 2.12. The third-order valence-electron chi connectivity index (χ3n) is 3.52. The monoisotopic (exact) mass is 271 g/mol. The Labute approximate surface area is 117 Å². The van der Waals surface area contributed by atoms with Crippen molar-refractivity contribution in [1.29, 1.82) is 0 Å². The highest BCUT2D eigenvalue weighted by Crippen LogP contribution is 2.22. The maximum Gasteiger partial charge on any atom is 0.251 e. The molecule has 0 saturated carbocycles. The molecular weight excluding hydrogens is 254 g/mol. The average molecular weight is 271 g/mol. The first kappa shape index (κ1) is 12.7. The molecule has 0 spiro atoms. The minimum absolute atomic E-state index is 0.0821. The summed E-state index contributed by atoms with van der Waals surface area (Å²) in [6, 6.07) is 5.79. The Balaban J connectivity index is 1.69. The van der Waals surface area contributed by atoms with Crippen LogP contribution in [0.2, 0.25) is 0 Å². The quantitative estimate of drug-likeness (QED) is 0.877. The first-order chi connectivity index (χ1) is 9.74. The number of hydrogen-bond donors (Lipinski definition) is 2. The Morgan fingerprint density at radius 3 is 3.20 bits per heavy atom. The van der Waals surface area contributed by atoms with Gasteiger partial charge in [0.2, 0.25) is 0 Å². The lowest BCUT2D eigenvalue weighted by atomic mass is 10.0. The van der Waals surface area contributed by atoms with Crippen molar-refractivity contribution in [2.75, 3.05) is 11.9 Å². The van der Waals surface area contributed by atoms with Crippen LogP contribution in [0.3, 0.4) is 0 Å². The third kappa shape index (κ3) is 2.49. The third-order valence-corrected chi connectivity index (χ3v) is 3.52. The van der Waals surface area contributed by atoms with Gasteiger partial charge in [-0.1, -0.05) is 0 Å². The smallest absolute Gasteiger partial charge is 0.251 e. The molecule has 2 N–H and O–H groups in total. The fourth-order valence-corrected chi connectivity index (χ4v) is 2.34. The van der Waals surface area contributed by atoms with Crippen LogP contribution in [0, 0.1) is 0 Å². The van der Waals surface area contributed by atoms with Crippen LogP contribution in [0.15, 0.2) is 24.5 Å². The topological polar surface area (TPSA) is 71.8 Å². The van der Waals surface area contributed by atoms with Gasteiger partial charge in [-0.15, -0.1) is 10.2 Å². The molecule has 2 heterocycles. The lowest BCUT2D eigenvalue weighted by Gasteiger charge is -2.18. The molecule has 0 radical (unpaired) electrons. The molecule has 1 aromatic heterocycles. The summed E-state index contributed by atoms with van der Waals surface area (Å²) in [5, 5.41) is 13.9. The highest BCUT2D eigenvalue weighted by molar-refractivity contribution is 5.94. The molecule has 1 aromatic carbocycles. The van der Waals surface area contributed by atoms with Crippen LogP contribution >= 0.6 is 0 Å². The number of anilines is 1. The van der Waals surface area contributed by atoms with Gasteiger partial charge in [-0.05, 0) is 36.6 Å². The summed E-state index contributed by atoms with van der Waals surface area (Å²) in [5.41, 5.74) is 3.04. The van der Waals surface area contributed by atoms with E-state index in [9.17, 15) is 4.79 Å². The van der Waals surface area contributed by atoms with E-state index < -0.39 is 0 Å². The van der Waals surface area contributed by atoms with Crippen molar-refractivity contribution in [3.63, 3.8) is 0 Å². The first-order valence-corrected chi connectivity index (χ1v) is 6.72. The molecule has 2 aromatic rings. The number of amides is 1. The number of nitrogens with one attached hydrogen (secondary N) is 2. The number of carbonyl (C=O) groups is 1.